The normalized spacial score (nSPS) is 11.7. The summed E-state index contributed by atoms with van der Waals surface area (Å²) in [5.74, 6) is 1.84. The smallest absolute Gasteiger partial charge is 0.249 e. The molecule has 3 aromatic rings. The highest BCUT2D eigenvalue weighted by Crippen LogP contribution is 2.34. The lowest BCUT2D eigenvalue weighted by Gasteiger charge is -2.10. The van der Waals surface area contributed by atoms with Crippen LogP contribution in [0.1, 0.15) is 29.5 Å². The number of furan rings is 1. The number of ether oxygens (including phenoxy) is 1. The summed E-state index contributed by atoms with van der Waals surface area (Å²) in [7, 11) is 1.61. The van der Waals surface area contributed by atoms with E-state index in [1.54, 1.807) is 19.3 Å². The van der Waals surface area contributed by atoms with Crippen LogP contribution in [0.25, 0.3) is 16.5 Å². The Balaban J connectivity index is 1.94. The van der Waals surface area contributed by atoms with Crippen molar-refractivity contribution in [2.45, 2.75) is 27.7 Å². The number of allylic oxidation sites excluding steroid dienone is 1. The van der Waals surface area contributed by atoms with Crippen molar-refractivity contribution in [1.82, 2.24) is 4.98 Å². The van der Waals surface area contributed by atoms with Gasteiger partial charge in [0.05, 0.1) is 7.11 Å². The zero-order valence-electron chi connectivity index (χ0n) is 15.6. The van der Waals surface area contributed by atoms with Gasteiger partial charge in [-0.25, -0.2) is 4.98 Å². The summed E-state index contributed by atoms with van der Waals surface area (Å²) in [5.41, 5.74) is 4.37. The number of benzene rings is 1. The highest BCUT2D eigenvalue weighted by molar-refractivity contribution is 6.04. The first-order valence-corrected chi connectivity index (χ1v) is 8.40. The third kappa shape index (κ3) is 3.47. The molecular weight excluding hydrogens is 328 g/mol. The largest absolute Gasteiger partial charge is 0.496 e. The Hall–Kier alpha value is -3.08. The van der Waals surface area contributed by atoms with E-state index in [0.29, 0.717) is 11.6 Å². The molecule has 0 aliphatic rings. The molecule has 0 radical (unpaired) electrons. The molecule has 2 aromatic heterocycles. The molecule has 0 bridgehead atoms. The first-order chi connectivity index (χ1) is 12.4. The van der Waals surface area contributed by atoms with Gasteiger partial charge in [0.2, 0.25) is 5.91 Å². The quantitative estimate of drug-likeness (QED) is 0.686. The van der Waals surface area contributed by atoms with Crippen LogP contribution in [-0.4, -0.2) is 18.0 Å². The summed E-state index contributed by atoms with van der Waals surface area (Å²) < 4.78 is 11.3. The van der Waals surface area contributed by atoms with Crippen LogP contribution in [-0.2, 0) is 4.79 Å². The van der Waals surface area contributed by atoms with E-state index in [-0.39, 0.29) is 5.91 Å². The fourth-order valence-corrected chi connectivity index (χ4v) is 2.90. The van der Waals surface area contributed by atoms with Crippen LogP contribution >= 0.6 is 0 Å². The van der Waals surface area contributed by atoms with Gasteiger partial charge >= 0.3 is 0 Å². The first-order valence-electron chi connectivity index (χ1n) is 8.40. The summed E-state index contributed by atoms with van der Waals surface area (Å²) in [6.07, 6.45) is 1.55. The van der Waals surface area contributed by atoms with E-state index in [2.05, 4.69) is 10.3 Å². The van der Waals surface area contributed by atoms with Crippen molar-refractivity contribution in [3.8, 4) is 5.75 Å². The second-order valence-corrected chi connectivity index (χ2v) is 6.31. The molecule has 0 aliphatic carbocycles. The number of aromatic nitrogens is 1. The summed E-state index contributed by atoms with van der Waals surface area (Å²) in [6, 6.07) is 9.37. The molecule has 0 atom stereocenters. The molecule has 5 heteroatoms. The lowest BCUT2D eigenvalue weighted by Crippen LogP contribution is -2.10. The van der Waals surface area contributed by atoms with Crippen LogP contribution in [0.4, 0.5) is 5.82 Å². The number of hydrogen-bond acceptors (Lipinski definition) is 4. The maximum atomic E-state index is 12.4. The molecule has 0 fully saturated rings. The number of hydrogen-bond donors (Lipinski definition) is 1. The number of carbonyl (C=O) groups excluding carboxylic acids is 1. The molecule has 0 spiro atoms. The fraction of sp³-hybridized carbons (Fsp3) is 0.238. The van der Waals surface area contributed by atoms with Crippen molar-refractivity contribution >= 4 is 28.3 Å². The molecule has 1 amide bonds. The Bertz CT molecular complexity index is 1020. The number of carbonyl (C=O) groups is 1. The van der Waals surface area contributed by atoms with Crippen LogP contribution in [0.3, 0.4) is 0 Å². The highest BCUT2D eigenvalue weighted by atomic mass is 16.5. The van der Waals surface area contributed by atoms with Crippen molar-refractivity contribution in [1.29, 1.82) is 0 Å². The van der Waals surface area contributed by atoms with Crippen LogP contribution in [0.2, 0.25) is 0 Å². The van der Waals surface area contributed by atoms with Gasteiger partial charge in [-0.2, -0.15) is 0 Å². The topological polar surface area (TPSA) is 64.4 Å². The Morgan fingerprint density at radius 1 is 1.23 bits per heavy atom. The van der Waals surface area contributed by atoms with E-state index in [0.717, 1.165) is 39.1 Å². The average Bonchev–Trinajstić information content (AvgIpc) is 2.87. The van der Waals surface area contributed by atoms with E-state index in [9.17, 15) is 4.79 Å². The van der Waals surface area contributed by atoms with E-state index >= 15 is 0 Å². The summed E-state index contributed by atoms with van der Waals surface area (Å²) in [6.45, 7) is 7.72. The third-order valence-corrected chi connectivity index (χ3v) is 4.41. The van der Waals surface area contributed by atoms with Gasteiger partial charge < -0.3 is 14.5 Å². The standard InChI is InChI=1S/C21H22N2O3/c1-12(9-21(24)23-20-8-6-7-13(2)22-20)16-10-17-14(3)15(4)26-19(17)11-18(16)25-5/h6-11H,1-5H3,(H,22,23,24)/b12-9+. The van der Waals surface area contributed by atoms with E-state index in [1.807, 2.05) is 52.0 Å². The maximum absolute atomic E-state index is 12.4. The molecule has 0 saturated carbocycles. The first kappa shape index (κ1) is 17.7. The summed E-state index contributed by atoms with van der Waals surface area (Å²) >= 11 is 0. The summed E-state index contributed by atoms with van der Waals surface area (Å²) in [5, 5.41) is 3.81. The zero-order valence-corrected chi connectivity index (χ0v) is 15.6. The number of aryl methyl sites for hydroxylation is 3. The van der Waals surface area contributed by atoms with Gasteiger partial charge in [0, 0.05) is 28.8 Å². The van der Waals surface area contributed by atoms with Crippen molar-refractivity contribution in [3.63, 3.8) is 0 Å². The van der Waals surface area contributed by atoms with E-state index < -0.39 is 0 Å². The monoisotopic (exact) mass is 350 g/mol. The molecule has 0 saturated heterocycles. The third-order valence-electron chi connectivity index (χ3n) is 4.41. The molecule has 0 unspecified atom stereocenters. The Morgan fingerprint density at radius 2 is 2.00 bits per heavy atom. The van der Waals surface area contributed by atoms with Crippen LogP contribution < -0.4 is 10.1 Å². The van der Waals surface area contributed by atoms with Crippen LogP contribution in [0.5, 0.6) is 5.75 Å². The van der Waals surface area contributed by atoms with Gasteiger partial charge in [-0.1, -0.05) is 6.07 Å². The molecule has 1 N–H and O–H groups in total. The van der Waals surface area contributed by atoms with Crippen molar-refractivity contribution in [2.75, 3.05) is 12.4 Å². The maximum Gasteiger partial charge on any atom is 0.249 e. The molecular formula is C21H22N2O3. The van der Waals surface area contributed by atoms with E-state index in [1.165, 1.54) is 0 Å². The molecule has 1 aromatic carbocycles. The number of fused-ring (bicyclic) bond motifs is 1. The molecule has 26 heavy (non-hydrogen) atoms. The van der Waals surface area contributed by atoms with Crippen molar-refractivity contribution in [3.05, 3.63) is 59.0 Å². The van der Waals surface area contributed by atoms with Gasteiger partial charge in [0.1, 0.15) is 22.9 Å². The predicted octanol–water partition coefficient (Wildman–Crippen LogP) is 4.80. The van der Waals surface area contributed by atoms with Crippen molar-refractivity contribution in [2.24, 2.45) is 0 Å². The number of anilines is 1. The van der Waals surface area contributed by atoms with Crippen LogP contribution in [0.15, 0.2) is 40.8 Å². The molecule has 134 valence electrons. The Kier molecular flexibility index (Phi) is 4.80. The number of methoxy groups -OCH3 is 1. The summed E-state index contributed by atoms with van der Waals surface area (Å²) in [4.78, 5) is 16.6. The number of pyridine rings is 1. The van der Waals surface area contributed by atoms with Gasteiger partial charge in [0.15, 0.2) is 0 Å². The second kappa shape index (κ2) is 7.04. The van der Waals surface area contributed by atoms with E-state index in [4.69, 9.17) is 9.15 Å². The fourth-order valence-electron chi connectivity index (χ4n) is 2.90. The lowest BCUT2D eigenvalue weighted by molar-refractivity contribution is -0.111. The number of nitrogens with zero attached hydrogens (tertiary/aromatic N) is 1. The minimum atomic E-state index is -0.233. The van der Waals surface area contributed by atoms with Gasteiger partial charge in [-0.05, 0) is 57.0 Å². The zero-order chi connectivity index (χ0) is 18.8. The van der Waals surface area contributed by atoms with Crippen molar-refractivity contribution < 1.29 is 13.9 Å². The second-order valence-electron chi connectivity index (χ2n) is 6.31. The van der Waals surface area contributed by atoms with Gasteiger partial charge in [0.25, 0.3) is 0 Å². The Morgan fingerprint density at radius 3 is 2.69 bits per heavy atom. The number of nitrogens with one attached hydrogen (secondary N) is 1. The average molecular weight is 350 g/mol. The minimum Gasteiger partial charge on any atom is -0.496 e. The van der Waals surface area contributed by atoms with Gasteiger partial charge in [-0.15, -0.1) is 0 Å². The molecule has 5 nitrogen and oxygen atoms in total. The lowest BCUT2D eigenvalue weighted by atomic mass is 10.0. The number of rotatable bonds is 4. The predicted molar refractivity (Wildman–Crippen MR) is 103 cm³/mol. The number of amides is 1. The van der Waals surface area contributed by atoms with Crippen LogP contribution in [0, 0.1) is 20.8 Å². The SMILES string of the molecule is COc1cc2oc(C)c(C)c2cc1/C(C)=C/C(=O)Nc1cccc(C)n1. The minimum absolute atomic E-state index is 0.233. The van der Waals surface area contributed by atoms with Gasteiger partial charge in [-0.3, -0.25) is 4.79 Å². The Labute approximate surface area is 152 Å². The molecule has 0 aliphatic heterocycles. The highest BCUT2D eigenvalue weighted by Gasteiger charge is 2.14. The molecule has 3 rings (SSSR count). The molecule has 2 heterocycles.